The van der Waals surface area contributed by atoms with Crippen LogP contribution in [0.1, 0.15) is 11.4 Å². The van der Waals surface area contributed by atoms with Gasteiger partial charge in [-0.15, -0.1) is 11.3 Å². The van der Waals surface area contributed by atoms with Gasteiger partial charge in [0.2, 0.25) is 0 Å². The van der Waals surface area contributed by atoms with Gasteiger partial charge in [0.1, 0.15) is 5.69 Å². The number of aryl methyl sites for hydroxylation is 2. The molecule has 0 saturated carbocycles. The largest absolute Gasteiger partial charge is 0.323 e. The van der Waals surface area contributed by atoms with Gasteiger partial charge < -0.3 is 4.98 Å². The van der Waals surface area contributed by atoms with Crippen molar-refractivity contribution in [2.75, 3.05) is 0 Å². The van der Waals surface area contributed by atoms with E-state index >= 15 is 0 Å². The number of rotatable bonds is 1. The van der Waals surface area contributed by atoms with E-state index in [9.17, 15) is 4.79 Å². The number of hydrogen-bond donors (Lipinski definition) is 1. The molecule has 0 unspecified atom stereocenters. The van der Waals surface area contributed by atoms with E-state index in [1.54, 1.807) is 11.3 Å². The van der Waals surface area contributed by atoms with Crippen LogP contribution in [-0.4, -0.2) is 9.97 Å². The van der Waals surface area contributed by atoms with Crippen molar-refractivity contribution in [1.29, 1.82) is 0 Å². The van der Waals surface area contributed by atoms with Gasteiger partial charge in [0, 0.05) is 16.0 Å². The second kappa shape index (κ2) is 4.07. The average Bonchev–Trinajstić information content (AvgIpc) is 2.82. The Bertz CT molecular complexity index is 786. The van der Waals surface area contributed by atoms with E-state index in [0.717, 1.165) is 27.0 Å². The predicted molar refractivity (Wildman–Crippen MR) is 75.2 cm³/mol. The molecule has 4 heteroatoms. The fourth-order valence-corrected chi connectivity index (χ4v) is 2.90. The van der Waals surface area contributed by atoms with Crippen LogP contribution >= 0.6 is 11.3 Å². The Balaban J connectivity index is 2.36. The summed E-state index contributed by atoms with van der Waals surface area (Å²) >= 11 is 1.63. The molecule has 1 aromatic carbocycles. The Morgan fingerprint density at radius 2 is 2.06 bits per heavy atom. The molecule has 3 aromatic rings. The number of benzene rings is 1. The third-order valence-corrected chi connectivity index (χ3v) is 4.04. The number of H-pyrrole nitrogens is 1. The van der Waals surface area contributed by atoms with Gasteiger partial charge in [0.25, 0.3) is 5.56 Å². The molecule has 0 amide bonds. The van der Waals surface area contributed by atoms with Crippen LogP contribution in [0.2, 0.25) is 0 Å². The molecule has 0 saturated heterocycles. The van der Waals surface area contributed by atoms with Crippen LogP contribution in [-0.2, 0) is 0 Å². The molecule has 2 aromatic heterocycles. The zero-order chi connectivity index (χ0) is 12.7. The maximum absolute atomic E-state index is 12.0. The molecule has 0 spiro atoms. The molecule has 0 aliphatic heterocycles. The summed E-state index contributed by atoms with van der Waals surface area (Å²) in [6, 6.07) is 8.01. The van der Waals surface area contributed by atoms with Crippen LogP contribution in [0, 0.1) is 13.8 Å². The van der Waals surface area contributed by atoms with Crippen molar-refractivity contribution in [3.63, 3.8) is 0 Å². The number of nitrogens with one attached hydrogen (secondary N) is 1. The maximum atomic E-state index is 12.0. The molecule has 0 radical (unpaired) electrons. The van der Waals surface area contributed by atoms with E-state index in [1.807, 2.05) is 37.4 Å². The summed E-state index contributed by atoms with van der Waals surface area (Å²) in [5, 5.41) is 3.18. The molecule has 0 atom stereocenters. The first-order valence-corrected chi connectivity index (χ1v) is 6.59. The lowest BCUT2D eigenvalue weighted by atomic mass is 10.1. The zero-order valence-corrected chi connectivity index (χ0v) is 11.0. The molecule has 90 valence electrons. The normalized spacial score (nSPS) is 11.0. The minimum Gasteiger partial charge on any atom is -0.323 e. The third-order valence-electron chi connectivity index (χ3n) is 3.07. The maximum Gasteiger partial charge on any atom is 0.274 e. The Kier molecular flexibility index (Phi) is 2.52. The molecular weight excluding hydrogens is 244 g/mol. The molecular formula is C14H12N2OS. The number of hydrogen-bond acceptors (Lipinski definition) is 3. The van der Waals surface area contributed by atoms with Crippen molar-refractivity contribution in [2.24, 2.45) is 0 Å². The molecule has 3 rings (SSSR count). The lowest BCUT2D eigenvalue weighted by Gasteiger charge is -2.05. The summed E-state index contributed by atoms with van der Waals surface area (Å²) < 4.78 is 1.11. The summed E-state index contributed by atoms with van der Waals surface area (Å²) in [5.74, 6) is 0. The summed E-state index contributed by atoms with van der Waals surface area (Å²) in [4.78, 5) is 19.3. The van der Waals surface area contributed by atoms with Crippen molar-refractivity contribution in [3.8, 4) is 11.3 Å². The highest BCUT2D eigenvalue weighted by atomic mass is 32.1. The van der Waals surface area contributed by atoms with Crippen molar-refractivity contribution < 1.29 is 0 Å². The first-order valence-electron chi connectivity index (χ1n) is 5.71. The highest BCUT2D eigenvalue weighted by Crippen LogP contribution is 2.30. The molecule has 0 fully saturated rings. The van der Waals surface area contributed by atoms with Gasteiger partial charge in [0.15, 0.2) is 0 Å². The van der Waals surface area contributed by atoms with Crippen LogP contribution < -0.4 is 5.56 Å². The van der Waals surface area contributed by atoms with E-state index in [1.165, 1.54) is 0 Å². The van der Waals surface area contributed by atoms with Gasteiger partial charge in [-0.3, -0.25) is 4.79 Å². The Morgan fingerprint density at radius 1 is 1.22 bits per heavy atom. The topological polar surface area (TPSA) is 45.8 Å². The third kappa shape index (κ3) is 1.66. The van der Waals surface area contributed by atoms with Crippen LogP contribution in [0.3, 0.4) is 0 Å². The van der Waals surface area contributed by atoms with Gasteiger partial charge in [0.05, 0.1) is 5.69 Å². The second-order valence-electron chi connectivity index (χ2n) is 4.27. The second-order valence-corrected chi connectivity index (χ2v) is 5.19. The van der Waals surface area contributed by atoms with E-state index in [4.69, 9.17) is 0 Å². The first kappa shape index (κ1) is 11.2. The molecule has 0 aliphatic carbocycles. The van der Waals surface area contributed by atoms with Crippen LogP contribution in [0.25, 0.3) is 21.3 Å². The van der Waals surface area contributed by atoms with Crippen molar-refractivity contribution in [1.82, 2.24) is 9.97 Å². The molecule has 3 nitrogen and oxygen atoms in total. The van der Waals surface area contributed by atoms with Crippen LogP contribution in [0.5, 0.6) is 0 Å². The van der Waals surface area contributed by atoms with Gasteiger partial charge >= 0.3 is 0 Å². The number of fused-ring (bicyclic) bond motifs is 1. The summed E-state index contributed by atoms with van der Waals surface area (Å²) in [6.07, 6.45) is 0. The van der Waals surface area contributed by atoms with E-state index in [-0.39, 0.29) is 5.56 Å². The van der Waals surface area contributed by atoms with Gasteiger partial charge in [-0.2, -0.15) is 0 Å². The Hall–Kier alpha value is -1.94. The molecule has 1 N–H and O–H groups in total. The van der Waals surface area contributed by atoms with E-state index in [2.05, 4.69) is 16.0 Å². The fraction of sp³-hybridized carbons (Fsp3) is 0.143. The van der Waals surface area contributed by atoms with Crippen LogP contribution in [0.15, 0.2) is 34.4 Å². The molecule has 0 bridgehead atoms. The van der Waals surface area contributed by atoms with Crippen molar-refractivity contribution >= 4 is 21.4 Å². The molecule has 18 heavy (non-hydrogen) atoms. The SMILES string of the molecule is Cc1nc(-c2cccc3ccsc23)c(=O)[nH]c1C. The van der Waals surface area contributed by atoms with Gasteiger partial charge in [-0.25, -0.2) is 4.98 Å². The summed E-state index contributed by atoms with van der Waals surface area (Å²) in [6.45, 7) is 3.77. The molecule has 2 heterocycles. The Labute approximate surface area is 108 Å². The first-order chi connectivity index (χ1) is 8.66. The summed E-state index contributed by atoms with van der Waals surface area (Å²) in [7, 11) is 0. The van der Waals surface area contributed by atoms with Gasteiger partial charge in [-0.05, 0) is 30.7 Å². The van der Waals surface area contributed by atoms with Crippen molar-refractivity contribution in [2.45, 2.75) is 13.8 Å². The van der Waals surface area contributed by atoms with Crippen molar-refractivity contribution in [3.05, 3.63) is 51.4 Å². The lowest BCUT2D eigenvalue weighted by molar-refractivity contribution is 1.02. The Morgan fingerprint density at radius 3 is 2.89 bits per heavy atom. The predicted octanol–water partition coefficient (Wildman–Crippen LogP) is 3.27. The van der Waals surface area contributed by atoms with E-state index in [0.29, 0.717) is 5.69 Å². The highest BCUT2D eigenvalue weighted by molar-refractivity contribution is 7.17. The minimum absolute atomic E-state index is 0.126. The highest BCUT2D eigenvalue weighted by Gasteiger charge is 2.11. The number of aromatic nitrogens is 2. The fourth-order valence-electron chi connectivity index (χ4n) is 1.98. The monoisotopic (exact) mass is 256 g/mol. The zero-order valence-electron chi connectivity index (χ0n) is 10.2. The number of thiophene rings is 1. The standard InChI is InChI=1S/C14H12N2OS/c1-8-9(2)16-14(17)12(15-8)11-5-3-4-10-6-7-18-13(10)11/h3-7H,1-2H3,(H,16,17). The quantitative estimate of drug-likeness (QED) is 0.726. The smallest absolute Gasteiger partial charge is 0.274 e. The van der Waals surface area contributed by atoms with Crippen LogP contribution in [0.4, 0.5) is 0 Å². The summed E-state index contributed by atoms with van der Waals surface area (Å²) in [5.41, 5.74) is 2.97. The number of aromatic amines is 1. The molecule has 0 aliphatic rings. The van der Waals surface area contributed by atoms with E-state index < -0.39 is 0 Å². The lowest BCUT2D eigenvalue weighted by Crippen LogP contribution is -2.14. The average molecular weight is 256 g/mol. The van der Waals surface area contributed by atoms with Gasteiger partial charge in [-0.1, -0.05) is 18.2 Å². The minimum atomic E-state index is -0.126. The number of nitrogens with zero attached hydrogens (tertiary/aromatic N) is 1.